The maximum Gasteiger partial charge on any atom is 0.341 e. The summed E-state index contributed by atoms with van der Waals surface area (Å²) in [6.45, 7) is 10.6. The zero-order chi connectivity index (χ0) is 35.2. The van der Waals surface area contributed by atoms with E-state index in [2.05, 4.69) is 37.0 Å². The molecule has 4 aliphatic heterocycles. The van der Waals surface area contributed by atoms with Crippen LogP contribution in [0.25, 0.3) is 6.08 Å². The van der Waals surface area contributed by atoms with Gasteiger partial charge in [-0.2, -0.15) is 0 Å². The number of morpholine rings is 2. The molecule has 2 aromatic rings. The van der Waals surface area contributed by atoms with E-state index in [1.54, 1.807) is 24.7 Å². The largest absolute Gasteiger partial charge is 0.423 e. The van der Waals surface area contributed by atoms with Crippen LogP contribution in [0, 0.1) is 22.7 Å². The van der Waals surface area contributed by atoms with Crippen molar-refractivity contribution in [1.29, 1.82) is 0 Å². The third kappa shape index (κ3) is 6.35. The summed E-state index contributed by atoms with van der Waals surface area (Å²) in [6, 6.07) is 5.34. The summed E-state index contributed by atoms with van der Waals surface area (Å²) in [7, 11) is 0. The van der Waals surface area contributed by atoms with E-state index in [9.17, 15) is 15.0 Å². The van der Waals surface area contributed by atoms with Crippen LogP contribution in [-0.4, -0.2) is 126 Å². The van der Waals surface area contributed by atoms with E-state index in [0.29, 0.717) is 69.0 Å². The Bertz CT molecular complexity index is 1620. The molecule has 2 saturated carbocycles. The first-order valence-corrected chi connectivity index (χ1v) is 18.5. The van der Waals surface area contributed by atoms with Crippen LogP contribution in [0.1, 0.15) is 45.1 Å². The van der Waals surface area contributed by atoms with Crippen LogP contribution in [-0.2, 0) is 23.7 Å². The number of esters is 1. The van der Waals surface area contributed by atoms with E-state index in [4.69, 9.17) is 18.9 Å². The molecule has 1 spiro atoms. The Morgan fingerprint density at radius 3 is 2.45 bits per heavy atom. The van der Waals surface area contributed by atoms with Gasteiger partial charge in [-0.25, -0.2) is 19.7 Å². The number of aromatic nitrogens is 3. The fraction of sp³-hybridized carbons (Fsp3) is 0.632. The molecule has 8 atom stereocenters. The van der Waals surface area contributed by atoms with Crippen LogP contribution in [0.4, 0.5) is 11.8 Å². The molecule has 2 aliphatic carbocycles. The highest BCUT2D eigenvalue weighted by molar-refractivity contribution is 5.95. The number of allylic oxidation sites excluding steroid dienone is 1. The number of carbonyl (C=O) groups is 1. The van der Waals surface area contributed by atoms with Gasteiger partial charge in [-0.05, 0) is 67.2 Å². The first kappa shape index (κ1) is 34.6. The predicted octanol–water partition coefficient (Wildman–Crippen LogP) is 2.67. The SMILES string of the molecule is C[C@]12CC[C@@H](O)[C@@](C)(CO)C1CC(N1CCOCC1)C1(CO1)C2CC(Nc1ccccn1)C1=C/C(=C\c2cnc(N3CCOCC3)nc2)OC1=O. The molecular formula is C38H50N6O7. The van der Waals surface area contributed by atoms with Gasteiger partial charge < -0.3 is 39.4 Å². The lowest BCUT2D eigenvalue weighted by Crippen LogP contribution is -2.68. The Morgan fingerprint density at radius 2 is 1.78 bits per heavy atom. The van der Waals surface area contributed by atoms with Crippen LogP contribution in [0.2, 0.25) is 0 Å². The van der Waals surface area contributed by atoms with E-state index >= 15 is 0 Å². The number of rotatable bonds is 9. The van der Waals surface area contributed by atoms with Crippen LogP contribution < -0.4 is 10.2 Å². The molecule has 5 fully saturated rings. The van der Waals surface area contributed by atoms with Crippen LogP contribution in [0.3, 0.4) is 0 Å². The molecule has 0 bridgehead atoms. The van der Waals surface area contributed by atoms with Crippen LogP contribution in [0.5, 0.6) is 0 Å². The van der Waals surface area contributed by atoms with Gasteiger partial charge in [0.25, 0.3) is 0 Å². The minimum atomic E-state index is -0.670. The molecule has 51 heavy (non-hydrogen) atoms. The lowest BCUT2D eigenvalue weighted by Gasteiger charge is -2.64. The smallest absolute Gasteiger partial charge is 0.341 e. The maximum atomic E-state index is 13.8. The van der Waals surface area contributed by atoms with Crippen molar-refractivity contribution in [1.82, 2.24) is 19.9 Å². The summed E-state index contributed by atoms with van der Waals surface area (Å²) >= 11 is 0. The van der Waals surface area contributed by atoms with Crippen molar-refractivity contribution in [2.75, 3.05) is 76.0 Å². The average molecular weight is 703 g/mol. The Balaban J connectivity index is 1.14. The maximum absolute atomic E-state index is 13.8. The Labute approximate surface area is 299 Å². The van der Waals surface area contributed by atoms with Gasteiger partial charge in [-0.1, -0.05) is 19.9 Å². The molecule has 8 rings (SSSR count). The van der Waals surface area contributed by atoms with Crippen molar-refractivity contribution in [3.63, 3.8) is 0 Å². The normalized spacial score (nSPS) is 36.8. The number of nitrogens with zero attached hydrogens (tertiary/aromatic N) is 5. The number of anilines is 2. The van der Waals surface area contributed by atoms with Crippen LogP contribution >= 0.6 is 0 Å². The number of nitrogens with one attached hydrogen (secondary N) is 1. The third-order valence-electron chi connectivity index (χ3n) is 12.9. The second-order valence-corrected chi connectivity index (χ2v) is 15.6. The van der Waals surface area contributed by atoms with Gasteiger partial charge in [0.15, 0.2) is 0 Å². The number of hydrogen-bond donors (Lipinski definition) is 3. The number of aliphatic hydroxyl groups is 2. The predicted molar refractivity (Wildman–Crippen MR) is 188 cm³/mol. The van der Waals surface area contributed by atoms with Gasteiger partial charge in [0.05, 0.1) is 57.4 Å². The summed E-state index contributed by atoms with van der Waals surface area (Å²) in [5.74, 6) is 1.36. The van der Waals surface area contributed by atoms with Gasteiger partial charge >= 0.3 is 5.97 Å². The number of aliphatic hydroxyl groups excluding tert-OH is 2. The second kappa shape index (κ2) is 13.8. The summed E-state index contributed by atoms with van der Waals surface area (Å²) in [6.07, 6.45) is 11.0. The Kier molecular flexibility index (Phi) is 9.39. The van der Waals surface area contributed by atoms with E-state index in [-0.39, 0.29) is 29.9 Å². The van der Waals surface area contributed by atoms with Gasteiger partial charge in [0, 0.05) is 61.8 Å². The fourth-order valence-corrected chi connectivity index (χ4v) is 9.96. The molecule has 0 aromatic carbocycles. The standard InChI is InChI=1S/C38H50N6O7/c1-36-7-6-32(46)37(2,23-45)29(36)20-31(43-9-13-48-14-10-43)38(24-50-38)30(36)19-28(42-33-5-3-4-8-39-33)27-18-26(51-34(27)47)17-25-21-40-35(41-22-25)44-11-15-49-16-12-44/h3-5,8,17-18,21-22,28-32,45-46H,6-7,9-16,19-20,23-24H2,1-2H3,(H,39,42)/b26-17+/t28?,29?,30?,31?,32-,36+,37+,38?/m1/s1. The molecule has 13 nitrogen and oxygen atoms in total. The van der Waals surface area contributed by atoms with Gasteiger partial charge in [-0.15, -0.1) is 0 Å². The first-order valence-electron chi connectivity index (χ1n) is 18.5. The Morgan fingerprint density at radius 1 is 1.06 bits per heavy atom. The molecule has 0 radical (unpaired) electrons. The second-order valence-electron chi connectivity index (χ2n) is 15.6. The summed E-state index contributed by atoms with van der Waals surface area (Å²) in [4.78, 5) is 32.1. The highest BCUT2D eigenvalue weighted by atomic mass is 16.6. The molecule has 274 valence electrons. The Hall–Kier alpha value is -3.46. The summed E-state index contributed by atoms with van der Waals surface area (Å²) in [5.41, 5.74) is -0.125. The summed E-state index contributed by atoms with van der Waals surface area (Å²) < 4.78 is 23.7. The molecule has 2 aromatic heterocycles. The highest BCUT2D eigenvalue weighted by Crippen LogP contribution is 2.67. The van der Waals surface area contributed by atoms with Gasteiger partial charge in [0.2, 0.25) is 5.95 Å². The average Bonchev–Trinajstić information content (AvgIpc) is 3.86. The molecule has 6 aliphatic rings. The number of ether oxygens (including phenoxy) is 4. The molecule has 3 N–H and O–H groups in total. The van der Waals surface area contributed by atoms with Crippen molar-refractivity contribution in [3.8, 4) is 0 Å². The van der Waals surface area contributed by atoms with Gasteiger partial charge in [0.1, 0.15) is 17.2 Å². The highest BCUT2D eigenvalue weighted by Gasteiger charge is 2.71. The number of hydrogen-bond acceptors (Lipinski definition) is 13. The monoisotopic (exact) mass is 702 g/mol. The fourth-order valence-electron chi connectivity index (χ4n) is 9.96. The summed E-state index contributed by atoms with van der Waals surface area (Å²) in [5, 5.41) is 25.9. The number of carbonyl (C=O) groups excluding carboxylic acids is 1. The molecular weight excluding hydrogens is 652 g/mol. The molecule has 3 saturated heterocycles. The van der Waals surface area contributed by atoms with E-state index in [0.717, 1.165) is 44.6 Å². The van der Waals surface area contributed by atoms with Crippen molar-refractivity contribution < 1.29 is 34.0 Å². The van der Waals surface area contributed by atoms with E-state index in [1.807, 2.05) is 31.2 Å². The number of fused-ring (bicyclic) bond motifs is 1. The third-order valence-corrected chi connectivity index (χ3v) is 12.9. The van der Waals surface area contributed by atoms with Gasteiger partial charge in [-0.3, -0.25) is 4.90 Å². The quantitative estimate of drug-likeness (QED) is 0.259. The first-order chi connectivity index (χ1) is 24.7. The minimum Gasteiger partial charge on any atom is -0.423 e. The zero-order valence-electron chi connectivity index (χ0n) is 29.6. The number of cyclic esters (lactones) is 1. The molecule has 13 heteroatoms. The van der Waals surface area contributed by atoms with E-state index < -0.39 is 29.1 Å². The number of pyridine rings is 1. The minimum absolute atomic E-state index is 0.000886. The van der Waals surface area contributed by atoms with Crippen molar-refractivity contribution in [3.05, 3.63) is 59.8 Å². The lowest BCUT2D eigenvalue weighted by molar-refractivity contribution is -0.197. The topological polar surface area (TPSA) is 155 Å². The molecule has 6 heterocycles. The lowest BCUT2D eigenvalue weighted by atomic mass is 9.43. The molecule has 0 amide bonds. The number of epoxide rings is 1. The van der Waals surface area contributed by atoms with Crippen molar-refractivity contribution in [2.24, 2.45) is 22.7 Å². The molecule has 5 unspecified atom stereocenters. The van der Waals surface area contributed by atoms with Crippen molar-refractivity contribution >= 4 is 23.8 Å². The van der Waals surface area contributed by atoms with Crippen molar-refractivity contribution in [2.45, 2.75) is 63.3 Å². The zero-order valence-corrected chi connectivity index (χ0v) is 29.6. The van der Waals surface area contributed by atoms with E-state index in [1.165, 1.54) is 0 Å². The van der Waals surface area contributed by atoms with Crippen LogP contribution in [0.15, 0.2) is 54.2 Å².